The Morgan fingerprint density at radius 1 is 0.615 bits per heavy atom. The van der Waals surface area contributed by atoms with Crippen LogP contribution in [0.4, 0.5) is 0 Å². The molecule has 0 bridgehead atoms. The van der Waals surface area contributed by atoms with Crippen molar-refractivity contribution in [2.75, 3.05) is 39.3 Å². The van der Waals surface area contributed by atoms with Gasteiger partial charge in [-0.25, -0.2) is 12.1 Å². The molecule has 1 rings (SSSR count). The smallest absolute Gasteiger partial charge is 0.663 e. The molecule has 26 heavy (non-hydrogen) atoms. The van der Waals surface area contributed by atoms with E-state index in [2.05, 4.69) is 61.0 Å². The first-order valence-electron chi connectivity index (χ1n) is 9.92. The third-order valence-corrected chi connectivity index (χ3v) is 2.81. The first-order valence-corrected chi connectivity index (χ1v) is 9.92. The summed E-state index contributed by atoms with van der Waals surface area (Å²) < 4.78 is 0. The normalized spacial score (nSPS) is 9.42. The predicted molar refractivity (Wildman–Crippen MR) is 119 cm³/mol. The second-order valence-electron chi connectivity index (χ2n) is 6.60. The van der Waals surface area contributed by atoms with E-state index < -0.39 is 0 Å². The summed E-state index contributed by atoms with van der Waals surface area (Å²) in [6, 6.07) is 8.57. The van der Waals surface area contributed by atoms with Gasteiger partial charge in [-0.05, 0) is 5.41 Å². The summed E-state index contributed by atoms with van der Waals surface area (Å²) in [5.41, 5.74) is 1.88. The zero-order valence-electron chi connectivity index (χ0n) is 19.1. The van der Waals surface area contributed by atoms with Crippen molar-refractivity contribution in [3.8, 4) is 0 Å². The van der Waals surface area contributed by atoms with E-state index in [4.69, 9.17) is 0 Å². The molecule has 0 aliphatic rings. The quantitative estimate of drug-likeness (QED) is 0.401. The van der Waals surface area contributed by atoms with Gasteiger partial charge in [-0.2, -0.15) is 57.0 Å². The van der Waals surface area contributed by atoms with Gasteiger partial charge in [0, 0.05) is 0 Å². The Balaban J connectivity index is -0.000000132. The summed E-state index contributed by atoms with van der Waals surface area (Å²) in [5, 5.41) is 11.9. The van der Waals surface area contributed by atoms with Gasteiger partial charge < -0.3 is 16.0 Å². The van der Waals surface area contributed by atoms with Gasteiger partial charge in [-0.1, -0.05) is 68.7 Å². The summed E-state index contributed by atoms with van der Waals surface area (Å²) in [4.78, 5) is 0. The van der Waals surface area contributed by atoms with Crippen LogP contribution >= 0.6 is 0 Å². The molecule has 0 heterocycles. The van der Waals surface area contributed by atoms with Crippen LogP contribution in [0.3, 0.4) is 0 Å². The van der Waals surface area contributed by atoms with E-state index in [9.17, 15) is 0 Å². The molecule has 0 saturated heterocycles. The van der Waals surface area contributed by atoms with Crippen molar-refractivity contribution in [2.24, 2.45) is 5.41 Å². The molecule has 0 spiro atoms. The summed E-state index contributed by atoms with van der Waals surface area (Å²) >= 11 is 0. The zero-order chi connectivity index (χ0) is 20.0. The van der Waals surface area contributed by atoms with Crippen LogP contribution in [0, 0.1) is 5.41 Å². The molecule has 3 nitrogen and oxygen atoms in total. The number of hydrogen-bond donors (Lipinski definition) is 0. The summed E-state index contributed by atoms with van der Waals surface area (Å²) in [6.07, 6.45) is 1.18. The van der Waals surface area contributed by atoms with E-state index in [1.807, 2.05) is 41.5 Å². The first-order chi connectivity index (χ1) is 11.8. The number of hydrogen-bond acceptors (Lipinski definition) is 0. The molecule has 1 aromatic rings. The molecule has 152 valence electrons. The van der Waals surface area contributed by atoms with Crippen molar-refractivity contribution in [3.05, 3.63) is 45.8 Å². The Morgan fingerprint density at radius 2 is 0.885 bits per heavy atom. The van der Waals surface area contributed by atoms with Crippen LogP contribution in [-0.4, -0.2) is 39.3 Å². The molecule has 4 heteroatoms. The molecular formula is C22H45N3Zr. The molecular weight excluding hydrogens is 397 g/mol. The Hall–Kier alpha value is 0.113. The van der Waals surface area contributed by atoms with Crippen molar-refractivity contribution in [1.82, 2.24) is 0 Å². The number of nitrogens with zero attached hydrogens (tertiary/aromatic N) is 3. The summed E-state index contributed by atoms with van der Waals surface area (Å²) in [6.45, 7) is 24.9. The average Bonchev–Trinajstić information content (AvgIpc) is 3.02. The Kier molecular flexibility index (Phi) is 35.4. The van der Waals surface area contributed by atoms with Gasteiger partial charge in [0.15, 0.2) is 0 Å². The molecule has 0 aliphatic carbocycles. The Morgan fingerprint density at radius 3 is 1.04 bits per heavy atom. The molecule has 0 N–H and O–H groups in total. The van der Waals surface area contributed by atoms with Crippen LogP contribution in [0.1, 0.15) is 67.9 Å². The van der Waals surface area contributed by atoms with Crippen LogP contribution < -0.4 is 0 Å². The molecule has 0 fully saturated rings. The molecule has 0 amide bonds. The standard InChI is InChI=1S/C10H15.3C4H10N.Zr/c1-10(2,3)8-9-6-4-5-7-9;3*1-3-5-4-2;/h4-7H,8H2,1-3H3;3*3-4H2,1-2H3;/q4*-1;+4. The van der Waals surface area contributed by atoms with E-state index in [0.29, 0.717) is 5.41 Å². The fraction of sp³-hybridized carbons (Fsp3) is 0.773. The maximum absolute atomic E-state index is 3.97. The van der Waals surface area contributed by atoms with Crippen molar-refractivity contribution in [3.63, 3.8) is 0 Å². The van der Waals surface area contributed by atoms with Gasteiger partial charge in [-0.3, -0.25) is 0 Å². The predicted octanol–water partition coefficient (Wildman–Crippen LogP) is 7.19. The summed E-state index contributed by atoms with van der Waals surface area (Å²) in [5.74, 6) is 0. The Labute approximate surface area is 185 Å². The van der Waals surface area contributed by atoms with E-state index in [-0.39, 0.29) is 26.2 Å². The molecule has 0 unspecified atom stereocenters. The minimum atomic E-state index is 0. The van der Waals surface area contributed by atoms with Crippen LogP contribution in [0.5, 0.6) is 0 Å². The Bertz CT molecular complexity index is 285. The van der Waals surface area contributed by atoms with Crippen LogP contribution in [-0.2, 0) is 32.6 Å². The molecule has 0 aromatic heterocycles. The van der Waals surface area contributed by atoms with Crippen LogP contribution in [0.25, 0.3) is 16.0 Å². The van der Waals surface area contributed by atoms with Crippen molar-refractivity contribution in [1.29, 1.82) is 0 Å². The number of rotatable bonds is 7. The second kappa shape index (κ2) is 27.3. The molecule has 0 aliphatic heterocycles. The van der Waals surface area contributed by atoms with Crippen molar-refractivity contribution in [2.45, 2.75) is 68.7 Å². The van der Waals surface area contributed by atoms with E-state index >= 15 is 0 Å². The van der Waals surface area contributed by atoms with Gasteiger partial charge in [0.1, 0.15) is 0 Å². The largest absolute Gasteiger partial charge is 4.00 e. The minimum Gasteiger partial charge on any atom is -0.663 e. The van der Waals surface area contributed by atoms with Crippen molar-refractivity contribution < 1.29 is 26.2 Å². The average molecular weight is 443 g/mol. The van der Waals surface area contributed by atoms with E-state index in [1.165, 1.54) is 12.0 Å². The maximum atomic E-state index is 3.97. The maximum Gasteiger partial charge on any atom is 4.00 e. The van der Waals surface area contributed by atoms with Gasteiger partial charge in [-0.15, -0.1) is 0 Å². The summed E-state index contributed by atoms with van der Waals surface area (Å²) in [7, 11) is 0. The molecule has 0 radical (unpaired) electrons. The monoisotopic (exact) mass is 441 g/mol. The van der Waals surface area contributed by atoms with Gasteiger partial charge in [0.2, 0.25) is 0 Å². The third-order valence-electron chi connectivity index (χ3n) is 2.81. The second-order valence-corrected chi connectivity index (χ2v) is 6.60. The van der Waals surface area contributed by atoms with E-state index in [1.54, 1.807) is 0 Å². The van der Waals surface area contributed by atoms with Crippen LogP contribution in [0.15, 0.2) is 24.3 Å². The van der Waals surface area contributed by atoms with Gasteiger partial charge in [0.25, 0.3) is 0 Å². The minimum absolute atomic E-state index is 0. The first kappa shape index (κ1) is 33.7. The molecule has 1 aromatic carbocycles. The van der Waals surface area contributed by atoms with Gasteiger partial charge in [0.05, 0.1) is 0 Å². The van der Waals surface area contributed by atoms with Crippen LogP contribution in [0.2, 0.25) is 0 Å². The zero-order valence-corrected chi connectivity index (χ0v) is 21.6. The topological polar surface area (TPSA) is 42.3 Å². The third kappa shape index (κ3) is 39.3. The SMILES string of the molecule is CC(C)(C)C[c-]1cccc1.CC[N-]CC.CC[N-]CC.CC[N-]CC.[Zr+4]. The molecule has 0 atom stereocenters. The van der Waals surface area contributed by atoms with Gasteiger partial charge >= 0.3 is 26.2 Å². The van der Waals surface area contributed by atoms with E-state index in [0.717, 1.165) is 39.3 Å². The van der Waals surface area contributed by atoms with Crippen molar-refractivity contribution >= 4 is 0 Å². The fourth-order valence-corrected chi connectivity index (χ4v) is 1.81. The fourth-order valence-electron chi connectivity index (χ4n) is 1.81. The molecule has 0 saturated carbocycles.